The second-order valence-electron chi connectivity index (χ2n) is 8.25. The van der Waals surface area contributed by atoms with Crippen LogP contribution < -0.4 is 0 Å². The van der Waals surface area contributed by atoms with Crippen LogP contribution in [-0.2, 0) is 19.3 Å². The number of benzene rings is 5. The number of fused-ring (bicyclic) bond motifs is 1. The van der Waals surface area contributed by atoms with Gasteiger partial charge in [-0.2, -0.15) is 0 Å². The molecule has 0 nitrogen and oxygen atoms in total. The molecule has 0 amide bonds. The van der Waals surface area contributed by atoms with Gasteiger partial charge in [0.25, 0.3) is 0 Å². The maximum Gasteiger partial charge on any atom is -0.0152 e. The van der Waals surface area contributed by atoms with Crippen molar-refractivity contribution in [3.8, 4) is 11.1 Å². The van der Waals surface area contributed by atoms with Gasteiger partial charge in [0.1, 0.15) is 0 Å². The average Bonchev–Trinajstić information content (AvgIpc) is 3.13. The lowest BCUT2D eigenvalue weighted by Crippen LogP contribution is -1.81. The first-order valence-corrected chi connectivity index (χ1v) is 16.4. The molecule has 0 saturated heterocycles. The Morgan fingerprint density at radius 2 is 0.744 bits per heavy atom. The fourth-order valence-corrected chi connectivity index (χ4v) is 3.88. The van der Waals surface area contributed by atoms with Crippen molar-refractivity contribution in [1.29, 1.82) is 0 Å². The first-order chi connectivity index (χ1) is 20.7. The molecular formula is C43H64. The molecular weight excluding hydrogens is 516 g/mol. The lowest BCUT2D eigenvalue weighted by atomic mass is 10.0. The van der Waals surface area contributed by atoms with Crippen LogP contribution in [0.15, 0.2) is 127 Å². The van der Waals surface area contributed by atoms with Crippen LogP contribution in [0.2, 0.25) is 0 Å². The molecule has 0 aromatic heterocycles. The van der Waals surface area contributed by atoms with Crippen LogP contribution in [0.5, 0.6) is 0 Å². The lowest BCUT2D eigenvalue weighted by molar-refractivity contribution is 1.14. The van der Waals surface area contributed by atoms with Gasteiger partial charge in [-0.1, -0.05) is 211 Å². The molecule has 0 aliphatic heterocycles. The molecule has 5 aromatic rings. The summed E-state index contributed by atoms with van der Waals surface area (Å²) < 4.78 is 0. The zero-order valence-electron chi connectivity index (χ0n) is 28.7. The molecule has 5 aromatic carbocycles. The van der Waals surface area contributed by atoms with Gasteiger partial charge < -0.3 is 0 Å². The predicted molar refractivity (Wildman–Crippen MR) is 203 cm³/mol. The van der Waals surface area contributed by atoms with Crippen molar-refractivity contribution in [3.63, 3.8) is 0 Å². The van der Waals surface area contributed by atoms with E-state index in [0.29, 0.717) is 0 Å². The third-order valence-corrected chi connectivity index (χ3v) is 5.98. The maximum absolute atomic E-state index is 2.20. The summed E-state index contributed by atoms with van der Waals surface area (Å²) in [5.41, 5.74) is 6.82. The van der Waals surface area contributed by atoms with E-state index in [1.807, 2.05) is 67.5 Å². The fourth-order valence-electron chi connectivity index (χ4n) is 3.88. The maximum atomic E-state index is 2.20. The molecule has 0 heterocycles. The Kier molecular flexibility index (Phi) is 31.9. The minimum Gasteiger partial charge on any atom is -0.0776 e. The summed E-state index contributed by atoms with van der Waals surface area (Å²) in [5.74, 6) is 0. The highest BCUT2D eigenvalue weighted by Gasteiger charge is 1.96. The molecule has 0 atom stereocenters. The van der Waals surface area contributed by atoms with Gasteiger partial charge in [0.05, 0.1) is 0 Å². The minimum atomic E-state index is 0. The van der Waals surface area contributed by atoms with Gasteiger partial charge in [-0.05, 0) is 57.9 Å². The summed E-state index contributed by atoms with van der Waals surface area (Å²) >= 11 is 0. The SMILES string of the molecule is C.CC.CC.CC.CC.CCc1ccc(-c2ccccc2)cc1.CCc1cccc2ccccc12.CCc1ccccc1. The first kappa shape index (κ1) is 43.8. The van der Waals surface area contributed by atoms with E-state index in [1.165, 1.54) is 38.6 Å². The van der Waals surface area contributed by atoms with Crippen LogP contribution in [0, 0.1) is 0 Å². The molecule has 0 aliphatic carbocycles. The Balaban J connectivity index is -0.000000505. The second-order valence-corrected chi connectivity index (χ2v) is 8.25. The second kappa shape index (κ2) is 31.3. The third-order valence-electron chi connectivity index (χ3n) is 5.98. The molecule has 0 spiro atoms. The van der Waals surface area contributed by atoms with E-state index in [2.05, 4.69) is 136 Å². The smallest absolute Gasteiger partial charge is 0.0152 e. The van der Waals surface area contributed by atoms with Crippen molar-refractivity contribution in [2.24, 2.45) is 0 Å². The Hall–Kier alpha value is -3.64. The highest BCUT2D eigenvalue weighted by atomic mass is 14.0. The molecule has 0 N–H and O–H groups in total. The summed E-state index contributed by atoms with van der Waals surface area (Å²) in [4.78, 5) is 0. The molecule has 0 heteroatoms. The van der Waals surface area contributed by atoms with Crippen molar-refractivity contribution < 1.29 is 0 Å². The molecule has 0 aliphatic rings. The van der Waals surface area contributed by atoms with Crippen LogP contribution in [0.4, 0.5) is 0 Å². The summed E-state index contributed by atoms with van der Waals surface area (Å²) in [5, 5.41) is 2.74. The molecule has 5 rings (SSSR count). The van der Waals surface area contributed by atoms with E-state index in [9.17, 15) is 0 Å². The molecule has 0 unspecified atom stereocenters. The molecule has 0 bridgehead atoms. The van der Waals surface area contributed by atoms with Gasteiger partial charge >= 0.3 is 0 Å². The van der Waals surface area contributed by atoms with E-state index in [0.717, 1.165) is 19.3 Å². The molecule has 0 saturated carbocycles. The Morgan fingerprint density at radius 1 is 0.349 bits per heavy atom. The Morgan fingerprint density at radius 3 is 1.21 bits per heavy atom. The number of aryl methyl sites for hydroxylation is 3. The van der Waals surface area contributed by atoms with E-state index in [4.69, 9.17) is 0 Å². The zero-order valence-corrected chi connectivity index (χ0v) is 28.7. The summed E-state index contributed by atoms with van der Waals surface area (Å²) in [6.45, 7) is 22.5. The van der Waals surface area contributed by atoms with Gasteiger partial charge in [-0.3, -0.25) is 0 Å². The van der Waals surface area contributed by atoms with Crippen LogP contribution >= 0.6 is 0 Å². The monoisotopic (exact) mass is 581 g/mol. The normalized spacial score (nSPS) is 8.44. The van der Waals surface area contributed by atoms with Crippen LogP contribution in [-0.4, -0.2) is 0 Å². The number of hydrogen-bond donors (Lipinski definition) is 0. The topological polar surface area (TPSA) is 0 Å². The number of rotatable bonds is 4. The van der Waals surface area contributed by atoms with E-state index in [1.54, 1.807) is 0 Å². The highest BCUT2D eigenvalue weighted by molar-refractivity contribution is 5.85. The summed E-state index contributed by atoms with van der Waals surface area (Å²) in [6, 6.07) is 44.7. The van der Waals surface area contributed by atoms with Gasteiger partial charge in [0.2, 0.25) is 0 Å². The standard InChI is InChI=1S/C14H14.C12H12.C8H10.4C2H6.CH4/c1-2-12-8-10-14(11-9-12)13-6-4-3-5-7-13;1-2-10-7-5-8-11-6-3-4-9-12(10)11;1-2-8-6-4-3-5-7-8;4*1-2;/h3-11H,2H2,1H3;3-9H,2H2,1H3;3-7H,2H2,1H3;4*1-2H3;1H4. The van der Waals surface area contributed by atoms with Crippen molar-refractivity contribution in [1.82, 2.24) is 0 Å². The molecule has 0 fully saturated rings. The van der Waals surface area contributed by atoms with E-state index in [-0.39, 0.29) is 7.43 Å². The van der Waals surface area contributed by atoms with Crippen molar-refractivity contribution in [2.75, 3.05) is 0 Å². The van der Waals surface area contributed by atoms with Crippen LogP contribution in [0.25, 0.3) is 21.9 Å². The largest absolute Gasteiger partial charge is 0.0776 e. The van der Waals surface area contributed by atoms with Crippen LogP contribution in [0.3, 0.4) is 0 Å². The number of hydrogen-bond acceptors (Lipinski definition) is 0. The van der Waals surface area contributed by atoms with Crippen molar-refractivity contribution in [2.45, 2.75) is 103 Å². The van der Waals surface area contributed by atoms with E-state index >= 15 is 0 Å². The molecule has 0 radical (unpaired) electrons. The van der Waals surface area contributed by atoms with Gasteiger partial charge in [0, 0.05) is 0 Å². The quantitative estimate of drug-likeness (QED) is 0.198. The van der Waals surface area contributed by atoms with Crippen molar-refractivity contribution in [3.05, 3.63) is 144 Å². The Labute approximate surface area is 268 Å². The first-order valence-electron chi connectivity index (χ1n) is 16.4. The Bertz CT molecular complexity index is 1210. The third kappa shape index (κ3) is 17.8. The van der Waals surface area contributed by atoms with Gasteiger partial charge in [-0.15, -0.1) is 0 Å². The average molecular weight is 581 g/mol. The summed E-state index contributed by atoms with van der Waals surface area (Å²) in [6.07, 6.45) is 3.36. The molecule has 43 heavy (non-hydrogen) atoms. The predicted octanol–water partition coefficient (Wildman–Crippen LogP) is 14.3. The zero-order chi connectivity index (χ0) is 32.0. The van der Waals surface area contributed by atoms with Gasteiger partial charge in [0.15, 0.2) is 0 Å². The van der Waals surface area contributed by atoms with Crippen LogP contribution in [0.1, 0.15) is 100 Å². The molecule has 236 valence electrons. The lowest BCUT2D eigenvalue weighted by Gasteiger charge is -2.02. The van der Waals surface area contributed by atoms with Gasteiger partial charge in [-0.25, -0.2) is 0 Å². The highest BCUT2D eigenvalue weighted by Crippen LogP contribution is 2.19. The van der Waals surface area contributed by atoms with Crippen molar-refractivity contribution >= 4 is 10.8 Å². The fraction of sp³-hybridized carbons (Fsp3) is 0.349. The summed E-state index contributed by atoms with van der Waals surface area (Å²) in [7, 11) is 0. The minimum absolute atomic E-state index is 0. The van der Waals surface area contributed by atoms with E-state index < -0.39 is 0 Å².